The summed E-state index contributed by atoms with van der Waals surface area (Å²) in [6.45, 7) is 0. The number of carbonyl (C=O) groups excluding carboxylic acids is 1. The second-order valence-corrected chi connectivity index (χ2v) is 7.44. The number of anilines is 1. The molecule has 3 aromatic rings. The van der Waals surface area contributed by atoms with Crippen molar-refractivity contribution in [3.05, 3.63) is 66.1 Å². The Morgan fingerprint density at radius 1 is 1.03 bits per heavy atom. The molecule has 1 fully saturated rings. The molecule has 31 heavy (non-hydrogen) atoms. The van der Waals surface area contributed by atoms with Gasteiger partial charge in [-0.15, -0.1) is 0 Å². The second-order valence-electron chi connectivity index (χ2n) is 7.44. The minimum Gasteiger partial charge on any atom is -0.474 e. The molecule has 2 aromatic heterocycles. The maximum atomic E-state index is 11.5. The van der Waals surface area contributed by atoms with Gasteiger partial charge in [0.2, 0.25) is 11.8 Å². The lowest BCUT2D eigenvalue weighted by atomic mass is 9.93. The van der Waals surface area contributed by atoms with Crippen molar-refractivity contribution in [1.29, 1.82) is 5.26 Å². The van der Waals surface area contributed by atoms with Crippen LogP contribution >= 0.6 is 0 Å². The molecule has 156 valence electrons. The van der Waals surface area contributed by atoms with Crippen LogP contribution in [0, 0.1) is 11.3 Å². The number of hydrogen-bond donors (Lipinski definition) is 2. The highest BCUT2D eigenvalue weighted by Gasteiger charge is 2.24. The average Bonchev–Trinajstić information content (AvgIpc) is 2.81. The fourth-order valence-electron chi connectivity index (χ4n) is 3.63. The molecule has 4 rings (SSSR count). The third kappa shape index (κ3) is 4.95. The van der Waals surface area contributed by atoms with Gasteiger partial charge in [-0.25, -0.2) is 15.0 Å². The minimum absolute atomic E-state index is 0.00859. The van der Waals surface area contributed by atoms with Crippen LogP contribution in [0.15, 0.2) is 55.0 Å². The zero-order chi connectivity index (χ0) is 21.6. The zero-order valence-electron chi connectivity index (χ0n) is 16.9. The first-order valence-electron chi connectivity index (χ1n) is 10.1. The smallest absolute Gasteiger partial charge is 0.254 e. The molecular weight excluding hydrogens is 392 g/mol. The predicted molar refractivity (Wildman–Crippen MR) is 115 cm³/mol. The molecule has 0 aliphatic heterocycles. The molecule has 8 nitrogen and oxygen atoms in total. The normalized spacial score (nSPS) is 18.0. The Hall–Kier alpha value is -3.99. The van der Waals surface area contributed by atoms with E-state index in [0.717, 1.165) is 36.8 Å². The van der Waals surface area contributed by atoms with Crippen molar-refractivity contribution in [1.82, 2.24) is 15.0 Å². The Kier molecular flexibility index (Phi) is 6.03. The van der Waals surface area contributed by atoms with E-state index in [4.69, 9.17) is 15.7 Å². The number of nitrogens with one attached hydrogen (secondary N) is 1. The molecule has 3 N–H and O–H groups in total. The van der Waals surface area contributed by atoms with E-state index in [1.54, 1.807) is 42.9 Å². The first-order chi connectivity index (χ1) is 15.1. The molecule has 1 aromatic carbocycles. The quantitative estimate of drug-likeness (QED) is 0.633. The summed E-state index contributed by atoms with van der Waals surface area (Å²) < 4.78 is 5.94. The monoisotopic (exact) mass is 414 g/mol. The molecule has 0 atom stereocenters. The van der Waals surface area contributed by atoms with Crippen molar-refractivity contribution in [2.75, 3.05) is 5.32 Å². The highest BCUT2D eigenvalue weighted by molar-refractivity contribution is 5.94. The number of carbonyl (C=O) groups is 1. The molecule has 0 bridgehead atoms. The number of primary amides is 1. The maximum Gasteiger partial charge on any atom is 0.254 e. The van der Waals surface area contributed by atoms with Crippen LogP contribution in [0.2, 0.25) is 0 Å². The summed E-state index contributed by atoms with van der Waals surface area (Å²) in [6.07, 6.45) is 8.58. The van der Waals surface area contributed by atoms with E-state index in [0.29, 0.717) is 23.0 Å². The van der Waals surface area contributed by atoms with Crippen LogP contribution in [-0.4, -0.2) is 33.0 Å². The molecule has 0 radical (unpaired) electrons. The Morgan fingerprint density at radius 2 is 1.74 bits per heavy atom. The summed E-state index contributed by atoms with van der Waals surface area (Å²) in [5.74, 6) is 0.343. The van der Waals surface area contributed by atoms with Crippen LogP contribution in [0.4, 0.5) is 5.95 Å². The number of benzene rings is 1. The van der Waals surface area contributed by atoms with Gasteiger partial charge >= 0.3 is 0 Å². The number of nitrogens with zero attached hydrogens (tertiary/aromatic N) is 4. The van der Waals surface area contributed by atoms with Gasteiger partial charge in [-0.1, -0.05) is 12.1 Å². The molecule has 0 spiro atoms. The number of amides is 1. The van der Waals surface area contributed by atoms with Gasteiger partial charge in [-0.2, -0.15) is 5.26 Å². The Labute approximate surface area is 180 Å². The molecule has 0 unspecified atom stereocenters. The van der Waals surface area contributed by atoms with Gasteiger partial charge in [0, 0.05) is 30.2 Å². The summed E-state index contributed by atoms with van der Waals surface area (Å²) in [7, 11) is 0. The van der Waals surface area contributed by atoms with E-state index in [1.165, 1.54) is 0 Å². The number of nitriles is 1. The van der Waals surface area contributed by atoms with Gasteiger partial charge in [-0.05, 0) is 55.5 Å². The lowest BCUT2D eigenvalue weighted by Gasteiger charge is -2.29. The van der Waals surface area contributed by atoms with Gasteiger partial charge < -0.3 is 15.8 Å². The molecule has 1 aliphatic rings. The Bertz CT molecular complexity index is 1080. The topological polar surface area (TPSA) is 127 Å². The third-order valence-electron chi connectivity index (χ3n) is 5.32. The number of aromatic nitrogens is 3. The Balaban J connectivity index is 1.31. The predicted octanol–water partition coefficient (Wildman–Crippen LogP) is 3.31. The fourth-order valence-corrected chi connectivity index (χ4v) is 3.63. The number of pyridine rings is 1. The standard InChI is InChI=1S/C23H22N6O2/c24-12-15-3-5-16(6-4-15)17-13-27-23(28-14-17)29-18-7-9-19(10-8-18)31-22-20(21(25)30)2-1-11-26-22/h1-6,11,13-14,18-19H,7-10H2,(H2,25,30)(H,27,28,29)/t18-,19-. The van der Waals surface area contributed by atoms with Crippen LogP contribution < -0.4 is 15.8 Å². The van der Waals surface area contributed by atoms with Crippen molar-refractivity contribution in [3.63, 3.8) is 0 Å². The molecule has 0 saturated heterocycles. The summed E-state index contributed by atoms with van der Waals surface area (Å²) >= 11 is 0. The molecule has 1 saturated carbocycles. The van der Waals surface area contributed by atoms with Crippen molar-refractivity contribution in [2.45, 2.75) is 37.8 Å². The van der Waals surface area contributed by atoms with Crippen LogP contribution in [0.5, 0.6) is 5.88 Å². The lowest BCUT2D eigenvalue weighted by Crippen LogP contribution is -2.32. The number of ether oxygens (including phenoxy) is 1. The largest absolute Gasteiger partial charge is 0.474 e. The van der Waals surface area contributed by atoms with E-state index in [1.807, 2.05) is 12.1 Å². The average molecular weight is 414 g/mol. The second kappa shape index (κ2) is 9.22. The summed E-state index contributed by atoms with van der Waals surface area (Å²) in [6, 6.07) is 13.0. The fraction of sp³-hybridized carbons (Fsp3) is 0.261. The highest BCUT2D eigenvalue weighted by Crippen LogP contribution is 2.26. The zero-order valence-corrected chi connectivity index (χ0v) is 16.9. The van der Waals surface area contributed by atoms with E-state index in [-0.39, 0.29) is 12.1 Å². The molecule has 8 heteroatoms. The minimum atomic E-state index is -0.542. The van der Waals surface area contributed by atoms with Gasteiger partial charge in [0.15, 0.2) is 0 Å². The lowest BCUT2D eigenvalue weighted by molar-refractivity contribution is 0.0983. The van der Waals surface area contributed by atoms with Crippen molar-refractivity contribution in [2.24, 2.45) is 5.73 Å². The van der Waals surface area contributed by atoms with Crippen molar-refractivity contribution in [3.8, 4) is 23.1 Å². The summed E-state index contributed by atoms with van der Waals surface area (Å²) in [5.41, 5.74) is 8.18. The van der Waals surface area contributed by atoms with Gasteiger partial charge in [-0.3, -0.25) is 4.79 Å². The van der Waals surface area contributed by atoms with Crippen LogP contribution in [-0.2, 0) is 0 Å². The molecular formula is C23H22N6O2. The van der Waals surface area contributed by atoms with E-state index >= 15 is 0 Å². The van der Waals surface area contributed by atoms with Crippen LogP contribution in [0.1, 0.15) is 41.6 Å². The van der Waals surface area contributed by atoms with E-state index < -0.39 is 5.91 Å². The number of rotatable bonds is 6. The first-order valence-corrected chi connectivity index (χ1v) is 10.1. The number of nitrogens with two attached hydrogens (primary N) is 1. The summed E-state index contributed by atoms with van der Waals surface area (Å²) in [5, 5.41) is 12.3. The van der Waals surface area contributed by atoms with Crippen LogP contribution in [0.25, 0.3) is 11.1 Å². The Morgan fingerprint density at radius 3 is 2.39 bits per heavy atom. The first kappa shape index (κ1) is 20.3. The maximum absolute atomic E-state index is 11.5. The van der Waals surface area contributed by atoms with Gasteiger partial charge in [0.05, 0.1) is 11.6 Å². The number of hydrogen-bond acceptors (Lipinski definition) is 7. The van der Waals surface area contributed by atoms with Crippen LogP contribution in [0.3, 0.4) is 0 Å². The SMILES string of the molecule is N#Cc1ccc(-c2cnc(N[C@H]3CC[C@H](Oc4ncccc4C(N)=O)CC3)nc2)cc1. The molecule has 2 heterocycles. The summed E-state index contributed by atoms with van der Waals surface area (Å²) in [4.78, 5) is 24.5. The highest BCUT2D eigenvalue weighted by atomic mass is 16.5. The van der Waals surface area contributed by atoms with Gasteiger partial charge in [0.25, 0.3) is 5.91 Å². The van der Waals surface area contributed by atoms with Crippen molar-refractivity contribution >= 4 is 11.9 Å². The molecule has 1 aliphatic carbocycles. The van der Waals surface area contributed by atoms with E-state index in [2.05, 4.69) is 26.3 Å². The van der Waals surface area contributed by atoms with Gasteiger partial charge in [0.1, 0.15) is 11.7 Å². The van der Waals surface area contributed by atoms with Crippen molar-refractivity contribution < 1.29 is 9.53 Å². The third-order valence-corrected chi connectivity index (χ3v) is 5.32. The molecule has 1 amide bonds. The van der Waals surface area contributed by atoms with E-state index in [9.17, 15) is 4.79 Å².